The van der Waals surface area contributed by atoms with Gasteiger partial charge in [0.15, 0.2) is 0 Å². The molecule has 0 aliphatic heterocycles. The third kappa shape index (κ3) is 2.01. The molecule has 0 radical (unpaired) electrons. The molecule has 1 N–H and O–H groups in total. The van der Waals surface area contributed by atoms with E-state index in [1.807, 2.05) is 0 Å². The highest BCUT2D eigenvalue weighted by molar-refractivity contribution is 5.44. The van der Waals surface area contributed by atoms with Gasteiger partial charge in [0.25, 0.3) is 0 Å². The predicted octanol–water partition coefficient (Wildman–Crippen LogP) is 4.91. The van der Waals surface area contributed by atoms with Crippen molar-refractivity contribution >= 4 is 0 Å². The zero-order valence-corrected chi connectivity index (χ0v) is 14.4. The highest BCUT2D eigenvalue weighted by atomic mass is 16.3. The molecule has 0 heterocycles. The van der Waals surface area contributed by atoms with Crippen LogP contribution in [0.2, 0.25) is 0 Å². The molecular weight excluding hydrogens is 268 g/mol. The second-order valence-electron chi connectivity index (χ2n) is 8.54. The summed E-state index contributed by atoms with van der Waals surface area (Å²) in [7, 11) is 0. The maximum atomic E-state index is 10.1. The van der Waals surface area contributed by atoms with Crippen LogP contribution in [0, 0.1) is 31.1 Å². The number of aliphatic hydroxyl groups is 1. The van der Waals surface area contributed by atoms with E-state index in [1.54, 1.807) is 16.7 Å². The normalized spacial score (nSPS) is 40.5. The predicted molar refractivity (Wildman–Crippen MR) is 91.2 cm³/mol. The Morgan fingerprint density at radius 1 is 1.09 bits per heavy atom. The Balaban J connectivity index is 1.72. The van der Waals surface area contributed by atoms with Crippen LogP contribution in [0.25, 0.3) is 0 Å². The fraction of sp³-hybridized carbons (Fsp3) is 0.714. The first kappa shape index (κ1) is 14.8. The molecule has 0 amide bonds. The highest BCUT2D eigenvalue weighted by Gasteiger charge is 2.51. The number of hydrogen-bond acceptors (Lipinski definition) is 1. The van der Waals surface area contributed by atoms with Gasteiger partial charge in [0, 0.05) is 0 Å². The molecule has 1 aromatic rings. The molecule has 120 valence electrons. The van der Waals surface area contributed by atoms with E-state index < -0.39 is 0 Å². The van der Waals surface area contributed by atoms with Crippen molar-refractivity contribution in [3.8, 4) is 0 Å². The molecule has 0 bridgehead atoms. The number of rotatable bonds is 0. The van der Waals surface area contributed by atoms with Crippen LogP contribution in [0.1, 0.15) is 73.6 Å². The van der Waals surface area contributed by atoms with Crippen molar-refractivity contribution in [1.82, 2.24) is 0 Å². The standard InChI is InChI=1S/C21H30O/c1-13-4-6-18-17(14(13)2)8-9-20-19(18)7-5-15-12-16(22)10-11-21(15,20)3/h4,6,15-16,19-20,22H,5,7-12H2,1-3H3. The molecule has 4 rings (SSSR count). The monoisotopic (exact) mass is 298 g/mol. The first-order chi connectivity index (χ1) is 10.5. The fourth-order valence-electron chi connectivity index (χ4n) is 6.15. The smallest absolute Gasteiger partial charge is 0.0543 e. The van der Waals surface area contributed by atoms with Gasteiger partial charge >= 0.3 is 0 Å². The zero-order valence-electron chi connectivity index (χ0n) is 14.4. The summed E-state index contributed by atoms with van der Waals surface area (Å²) in [5.41, 5.74) is 6.81. The summed E-state index contributed by atoms with van der Waals surface area (Å²) in [5, 5.41) is 10.1. The fourth-order valence-corrected chi connectivity index (χ4v) is 6.15. The van der Waals surface area contributed by atoms with Gasteiger partial charge in [-0.1, -0.05) is 19.1 Å². The molecule has 22 heavy (non-hydrogen) atoms. The van der Waals surface area contributed by atoms with Crippen molar-refractivity contribution in [1.29, 1.82) is 0 Å². The minimum atomic E-state index is -0.0320. The van der Waals surface area contributed by atoms with Gasteiger partial charge in [0.2, 0.25) is 0 Å². The van der Waals surface area contributed by atoms with Gasteiger partial charge in [-0.25, -0.2) is 0 Å². The summed E-state index contributed by atoms with van der Waals surface area (Å²) in [4.78, 5) is 0. The SMILES string of the molecule is Cc1ccc2c(c1C)CCC1C2CCC2CC(O)CCC21C. The van der Waals surface area contributed by atoms with Gasteiger partial charge in [-0.05, 0) is 104 Å². The van der Waals surface area contributed by atoms with Crippen LogP contribution in [-0.4, -0.2) is 11.2 Å². The highest BCUT2D eigenvalue weighted by Crippen LogP contribution is 2.60. The van der Waals surface area contributed by atoms with Crippen molar-refractivity contribution in [2.45, 2.75) is 77.7 Å². The molecule has 5 unspecified atom stereocenters. The molecule has 2 saturated carbocycles. The van der Waals surface area contributed by atoms with Gasteiger partial charge in [-0.3, -0.25) is 0 Å². The number of benzene rings is 1. The van der Waals surface area contributed by atoms with E-state index in [2.05, 4.69) is 32.9 Å². The lowest BCUT2D eigenvalue weighted by Gasteiger charge is -2.56. The second-order valence-corrected chi connectivity index (χ2v) is 8.54. The molecule has 1 heteroatoms. The summed E-state index contributed by atoms with van der Waals surface area (Å²) in [6.07, 6.45) is 8.58. The first-order valence-corrected chi connectivity index (χ1v) is 9.27. The van der Waals surface area contributed by atoms with Gasteiger partial charge in [0.1, 0.15) is 0 Å². The molecule has 0 spiro atoms. The minimum Gasteiger partial charge on any atom is -0.393 e. The second kappa shape index (κ2) is 5.09. The van der Waals surface area contributed by atoms with Gasteiger partial charge in [-0.2, -0.15) is 0 Å². The maximum absolute atomic E-state index is 10.1. The average Bonchev–Trinajstić information content (AvgIpc) is 2.51. The van der Waals surface area contributed by atoms with Crippen molar-refractivity contribution in [2.24, 2.45) is 17.3 Å². The largest absolute Gasteiger partial charge is 0.393 e. The van der Waals surface area contributed by atoms with Crippen molar-refractivity contribution in [3.05, 3.63) is 34.4 Å². The third-order valence-electron chi connectivity index (χ3n) is 7.67. The third-order valence-corrected chi connectivity index (χ3v) is 7.67. The van der Waals surface area contributed by atoms with Crippen LogP contribution < -0.4 is 0 Å². The van der Waals surface area contributed by atoms with E-state index in [1.165, 1.54) is 37.7 Å². The van der Waals surface area contributed by atoms with E-state index in [-0.39, 0.29) is 6.10 Å². The Morgan fingerprint density at radius 2 is 1.91 bits per heavy atom. The quantitative estimate of drug-likeness (QED) is 0.721. The summed E-state index contributed by atoms with van der Waals surface area (Å²) in [5.74, 6) is 2.37. The van der Waals surface area contributed by atoms with E-state index >= 15 is 0 Å². The summed E-state index contributed by atoms with van der Waals surface area (Å²) >= 11 is 0. The van der Waals surface area contributed by atoms with Crippen LogP contribution in [0.5, 0.6) is 0 Å². The lowest BCUT2D eigenvalue weighted by Crippen LogP contribution is -2.48. The van der Waals surface area contributed by atoms with Gasteiger partial charge < -0.3 is 5.11 Å². The van der Waals surface area contributed by atoms with E-state index in [0.29, 0.717) is 5.41 Å². The summed E-state index contributed by atoms with van der Waals surface area (Å²) in [6, 6.07) is 4.78. The lowest BCUT2D eigenvalue weighted by atomic mass is 9.49. The molecule has 0 saturated heterocycles. The average molecular weight is 298 g/mol. The number of fused-ring (bicyclic) bond motifs is 5. The van der Waals surface area contributed by atoms with Crippen LogP contribution in [-0.2, 0) is 6.42 Å². The minimum absolute atomic E-state index is 0.0320. The Bertz CT molecular complexity index is 590. The number of aliphatic hydroxyl groups excluding tert-OH is 1. The van der Waals surface area contributed by atoms with Crippen LogP contribution in [0.15, 0.2) is 12.1 Å². The molecule has 1 nitrogen and oxygen atoms in total. The van der Waals surface area contributed by atoms with Crippen molar-refractivity contribution in [3.63, 3.8) is 0 Å². The molecule has 3 aliphatic rings. The summed E-state index contributed by atoms with van der Waals surface area (Å²) < 4.78 is 0. The number of hydrogen-bond donors (Lipinski definition) is 1. The van der Waals surface area contributed by atoms with Crippen LogP contribution in [0.3, 0.4) is 0 Å². The van der Waals surface area contributed by atoms with E-state index in [4.69, 9.17) is 0 Å². The van der Waals surface area contributed by atoms with Crippen LogP contribution in [0.4, 0.5) is 0 Å². The van der Waals surface area contributed by atoms with E-state index in [9.17, 15) is 5.11 Å². The Labute approximate surface area is 135 Å². The Kier molecular flexibility index (Phi) is 3.41. The summed E-state index contributed by atoms with van der Waals surface area (Å²) in [6.45, 7) is 7.12. The molecule has 1 aromatic carbocycles. The van der Waals surface area contributed by atoms with Gasteiger partial charge in [-0.15, -0.1) is 0 Å². The zero-order chi connectivity index (χ0) is 15.5. The number of aryl methyl sites for hydroxylation is 1. The molecule has 3 aliphatic carbocycles. The molecule has 5 atom stereocenters. The van der Waals surface area contributed by atoms with Crippen LogP contribution >= 0.6 is 0 Å². The molecular formula is C21H30O. The van der Waals surface area contributed by atoms with Gasteiger partial charge in [0.05, 0.1) is 6.10 Å². The van der Waals surface area contributed by atoms with Crippen molar-refractivity contribution in [2.75, 3.05) is 0 Å². The molecule has 0 aromatic heterocycles. The van der Waals surface area contributed by atoms with E-state index in [0.717, 1.165) is 30.6 Å². The molecule has 2 fully saturated rings. The topological polar surface area (TPSA) is 20.2 Å². The Morgan fingerprint density at radius 3 is 2.73 bits per heavy atom. The Hall–Kier alpha value is -0.820. The van der Waals surface area contributed by atoms with Crippen molar-refractivity contribution < 1.29 is 5.11 Å². The lowest BCUT2D eigenvalue weighted by molar-refractivity contribution is -0.0606. The maximum Gasteiger partial charge on any atom is 0.0543 e. The first-order valence-electron chi connectivity index (χ1n) is 9.27.